The third kappa shape index (κ3) is 3.96. The molecule has 16 heavy (non-hydrogen) atoms. The van der Waals surface area contributed by atoms with Gasteiger partial charge in [-0.2, -0.15) is 0 Å². The van der Waals surface area contributed by atoms with Crippen molar-refractivity contribution < 1.29 is 4.74 Å². The van der Waals surface area contributed by atoms with Gasteiger partial charge in [0.05, 0.1) is 13.2 Å². The van der Waals surface area contributed by atoms with Crippen molar-refractivity contribution >= 4 is 0 Å². The summed E-state index contributed by atoms with van der Waals surface area (Å²) < 4.78 is 5.09. The lowest BCUT2D eigenvalue weighted by atomic mass is 9.96. The Bertz CT molecular complexity index is 389. The summed E-state index contributed by atoms with van der Waals surface area (Å²) in [4.78, 5) is 0. The number of hydrogen-bond donors (Lipinski definition) is 1. The fraction of sp³-hybridized carbons (Fsp3) is 0.429. The second kappa shape index (κ2) is 5.05. The molecule has 0 saturated carbocycles. The molecule has 0 aliphatic carbocycles. The Morgan fingerprint density at radius 3 is 2.19 bits per heavy atom. The van der Waals surface area contributed by atoms with E-state index in [0.29, 0.717) is 0 Å². The van der Waals surface area contributed by atoms with Gasteiger partial charge in [0, 0.05) is 5.41 Å². The van der Waals surface area contributed by atoms with Gasteiger partial charge in [-0.25, -0.2) is 0 Å². The molecule has 0 heterocycles. The minimum Gasteiger partial charge on any atom is -0.497 e. The van der Waals surface area contributed by atoms with Crippen molar-refractivity contribution in [3.63, 3.8) is 0 Å². The first-order chi connectivity index (χ1) is 7.42. The smallest absolute Gasteiger partial charge is 0.118 e. The molecule has 86 valence electrons. The molecule has 0 aliphatic rings. The molecule has 2 N–H and O–H groups in total. The van der Waals surface area contributed by atoms with Crippen molar-refractivity contribution in [3.05, 3.63) is 29.8 Å². The summed E-state index contributed by atoms with van der Waals surface area (Å²) in [6.07, 6.45) is 0. The molecule has 0 fully saturated rings. The van der Waals surface area contributed by atoms with Crippen molar-refractivity contribution in [2.75, 3.05) is 7.11 Å². The zero-order chi connectivity index (χ0) is 12.2. The highest BCUT2D eigenvalue weighted by atomic mass is 16.5. The predicted molar refractivity (Wildman–Crippen MR) is 67.2 cm³/mol. The van der Waals surface area contributed by atoms with Crippen LogP contribution < -0.4 is 10.5 Å². The Kier molecular flexibility index (Phi) is 3.98. The fourth-order valence-corrected chi connectivity index (χ4v) is 1.19. The van der Waals surface area contributed by atoms with Crippen molar-refractivity contribution in [2.24, 2.45) is 11.1 Å². The molecule has 0 spiro atoms. The van der Waals surface area contributed by atoms with Crippen LogP contribution in [0.2, 0.25) is 0 Å². The van der Waals surface area contributed by atoms with Crippen LogP contribution in [0, 0.1) is 17.3 Å². The van der Waals surface area contributed by atoms with Gasteiger partial charge in [0.2, 0.25) is 0 Å². The number of methoxy groups -OCH3 is 1. The van der Waals surface area contributed by atoms with Crippen LogP contribution in [-0.4, -0.2) is 7.11 Å². The average molecular weight is 217 g/mol. The fourth-order valence-electron chi connectivity index (χ4n) is 1.19. The molecule has 0 saturated heterocycles. The van der Waals surface area contributed by atoms with Gasteiger partial charge in [0.25, 0.3) is 0 Å². The first-order valence-corrected chi connectivity index (χ1v) is 5.34. The van der Waals surface area contributed by atoms with Crippen LogP contribution >= 0.6 is 0 Å². The molecule has 1 unspecified atom stereocenters. The number of rotatable bonds is 2. The van der Waals surface area contributed by atoms with Crippen LogP contribution in [0.3, 0.4) is 0 Å². The highest BCUT2D eigenvalue weighted by Crippen LogP contribution is 2.16. The van der Waals surface area contributed by atoms with E-state index >= 15 is 0 Å². The third-order valence-corrected chi connectivity index (χ3v) is 2.08. The maximum absolute atomic E-state index is 5.98. The molecule has 1 aromatic carbocycles. The SMILES string of the molecule is COc1ccc(C(N)C#CC(C)(C)C)cc1. The monoisotopic (exact) mass is 217 g/mol. The van der Waals surface area contributed by atoms with E-state index < -0.39 is 0 Å². The molecule has 1 rings (SSSR count). The highest BCUT2D eigenvalue weighted by Gasteiger charge is 2.06. The second-order valence-corrected chi connectivity index (χ2v) is 4.77. The van der Waals surface area contributed by atoms with Crippen molar-refractivity contribution in [1.29, 1.82) is 0 Å². The lowest BCUT2D eigenvalue weighted by Gasteiger charge is -2.10. The quantitative estimate of drug-likeness (QED) is 0.773. The number of benzene rings is 1. The summed E-state index contributed by atoms with van der Waals surface area (Å²) in [5.74, 6) is 7.04. The number of nitrogens with two attached hydrogens (primary N) is 1. The Hall–Kier alpha value is -1.46. The van der Waals surface area contributed by atoms with Gasteiger partial charge in [-0.1, -0.05) is 24.0 Å². The zero-order valence-electron chi connectivity index (χ0n) is 10.4. The number of ether oxygens (including phenoxy) is 1. The van der Waals surface area contributed by atoms with Gasteiger partial charge < -0.3 is 10.5 Å². The standard InChI is InChI=1S/C14H19NO/c1-14(2,3)10-9-13(15)11-5-7-12(16-4)8-6-11/h5-8,13H,15H2,1-4H3. The molecular formula is C14H19NO. The summed E-state index contributed by atoms with van der Waals surface area (Å²) in [5.41, 5.74) is 6.98. The molecule has 0 radical (unpaired) electrons. The average Bonchev–Trinajstić information content (AvgIpc) is 2.25. The van der Waals surface area contributed by atoms with E-state index in [1.54, 1.807) is 7.11 Å². The molecule has 0 amide bonds. The van der Waals surface area contributed by atoms with E-state index in [1.807, 2.05) is 24.3 Å². The van der Waals surface area contributed by atoms with Crippen molar-refractivity contribution in [3.8, 4) is 17.6 Å². The Morgan fingerprint density at radius 2 is 1.75 bits per heavy atom. The van der Waals surface area contributed by atoms with E-state index in [9.17, 15) is 0 Å². The summed E-state index contributed by atoms with van der Waals surface area (Å²) >= 11 is 0. The third-order valence-electron chi connectivity index (χ3n) is 2.08. The molecule has 1 atom stereocenters. The van der Waals surface area contributed by atoms with Gasteiger partial charge in [-0.3, -0.25) is 0 Å². The van der Waals surface area contributed by atoms with E-state index in [4.69, 9.17) is 10.5 Å². The first-order valence-electron chi connectivity index (χ1n) is 5.34. The Labute approximate surface area is 97.8 Å². The molecule has 2 heteroatoms. The van der Waals surface area contributed by atoms with Crippen LogP contribution in [0.5, 0.6) is 5.75 Å². The maximum Gasteiger partial charge on any atom is 0.118 e. The molecular weight excluding hydrogens is 198 g/mol. The first kappa shape index (κ1) is 12.6. The summed E-state index contributed by atoms with van der Waals surface area (Å²) in [6.45, 7) is 6.21. The maximum atomic E-state index is 5.98. The minimum atomic E-state index is -0.231. The lowest BCUT2D eigenvalue weighted by Crippen LogP contribution is -2.09. The largest absolute Gasteiger partial charge is 0.497 e. The van der Waals surface area contributed by atoms with Gasteiger partial charge in [0.15, 0.2) is 0 Å². The van der Waals surface area contributed by atoms with E-state index in [1.165, 1.54) is 0 Å². The highest BCUT2D eigenvalue weighted by molar-refractivity contribution is 5.33. The minimum absolute atomic E-state index is 0.00983. The van der Waals surface area contributed by atoms with Crippen LogP contribution in [0.25, 0.3) is 0 Å². The molecule has 2 nitrogen and oxygen atoms in total. The molecule has 0 bridgehead atoms. The van der Waals surface area contributed by atoms with Gasteiger partial charge in [0.1, 0.15) is 5.75 Å². The van der Waals surface area contributed by atoms with Crippen molar-refractivity contribution in [1.82, 2.24) is 0 Å². The van der Waals surface area contributed by atoms with Crippen LogP contribution in [0.15, 0.2) is 24.3 Å². The van der Waals surface area contributed by atoms with Crippen LogP contribution in [-0.2, 0) is 0 Å². The normalized spacial score (nSPS) is 12.6. The van der Waals surface area contributed by atoms with E-state index in [2.05, 4.69) is 32.6 Å². The molecule has 0 aromatic heterocycles. The summed E-state index contributed by atoms with van der Waals surface area (Å²) in [6, 6.07) is 7.45. The van der Waals surface area contributed by atoms with Crippen molar-refractivity contribution in [2.45, 2.75) is 26.8 Å². The Balaban J connectivity index is 2.79. The van der Waals surface area contributed by atoms with Gasteiger partial charge in [-0.05, 0) is 38.5 Å². The zero-order valence-corrected chi connectivity index (χ0v) is 10.4. The van der Waals surface area contributed by atoms with Gasteiger partial charge >= 0.3 is 0 Å². The van der Waals surface area contributed by atoms with Crippen LogP contribution in [0.4, 0.5) is 0 Å². The second-order valence-electron chi connectivity index (χ2n) is 4.77. The molecule has 0 aliphatic heterocycles. The lowest BCUT2D eigenvalue weighted by molar-refractivity contribution is 0.414. The summed E-state index contributed by atoms with van der Waals surface area (Å²) in [7, 11) is 1.65. The topological polar surface area (TPSA) is 35.2 Å². The summed E-state index contributed by atoms with van der Waals surface area (Å²) in [5, 5.41) is 0. The van der Waals surface area contributed by atoms with Gasteiger partial charge in [-0.15, -0.1) is 0 Å². The predicted octanol–water partition coefficient (Wildman–Crippen LogP) is 2.74. The van der Waals surface area contributed by atoms with E-state index in [-0.39, 0.29) is 11.5 Å². The molecule has 1 aromatic rings. The number of hydrogen-bond acceptors (Lipinski definition) is 2. The Morgan fingerprint density at radius 1 is 1.19 bits per heavy atom. The van der Waals surface area contributed by atoms with Crippen LogP contribution in [0.1, 0.15) is 32.4 Å². The van der Waals surface area contributed by atoms with E-state index in [0.717, 1.165) is 11.3 Å².